The van der Waals surface area contributed by atoms with Gasteiger partial charge in [-0.15, -0.1) is 0 Å². The lowest BCUT2D eigenvalue weighted by molar-refractivity contribution is -0.121. The maximum atomic E-state index is 13.6. The van der Waals surface area contributed by atoms with E-state index in [1.54, 1.807) is 20.8 Å². The lowest BCUT2D eigenvalue weighted by atomic mass is 10.4. The van der Waals surface area contributed by atoms with Gasteiger partial charge in [0.1, 0.15) is 0 Å². The second-order valence-electron chi connectivity index (χ2n) is 4.44. The summed E-state index contributed by atoms with van der Waals surface area (Å²) in [6.07, 6.45) is 1.19. The zero-order valence-electron chi connectivity index (χ0n) is 11.6. The van der Waals surface area contributed by atoms with Gasteiger partial charge in [-0.3, -0.25) is 4.79 Å². The number of likely N-dealkylation sites (N-methyl/N-ethyl adjacent to an activating group) is 1. The first-order valence-corrected chi connectivity index (χ1v) is 7.63. The third-order valence-corrected chi connectivity index (χ3v) is 4.29. The quantitative estimate of drug-likeness (QED) is 0.841. The van der Waals surface area contributed by atoms with Crippen LogP contribution in [0.15, 0.2) is 23.4 Å². The molecule has 1 amide bonds. The summed E-state index contributed by atoms with van der Waals surface area (Å²) in [7, 11) is -4.13. The van der Waals surface area contributed by atoms with Crippen molar-refractivity contribution in [2.24, 2.45) is 0 Å². The Hall–Kier alpha value is -1.54. The van der Waals surface area contributed by atoms with Crippen LogP contribution in [0, 0.1) is 5.82 Å². The number of sulfonamides is 1. The molecule has 0 aliphatic heterocycles. The molecule has 0 unspecified atom stereocenters. The van der Waals surface area contributed by atoms with E-state index in [4.69, 9.17) is 0 Å². The van der Waals surface area contributed by atoms with Crippen molar-refractivity contribution in [3.8, 4) is 0 Å². The molecule has 20 heavy (non-hydrogen) atoms. The van der Waals surface area contributed by atoms with Crippen LogP contribution in [0.2, 0.25) is 0 Å². The van der Waals surface area contributed by atoms with E-state index in [1.165, 1.54) is 12.3 Å². The van der Waals surface area contributed by atoms with E-state index in [0.29, 0.717) is 0 Å². The van der Waals surface area contributed by atoms with Gasteiger partial charge in [-0.05, 0) is 26.0 Å². The van der Waals surface area contributed by atoms with Gasteiger partial charge < -0.3 is 5.32 Å². The van der Waals surface area contributed by atoms with Crippen molar-refractivity contribution in [1.82, 2.24) is 14.6 Å². The minimum Gasteiger partial charge on any atom is -0.353 e. The van der Waals surface area contributed by atoms with Crippen LogP contribution in [0.1, 0.15) is 20.8 Å². The lowest BCUT2D eigenvalue weighted by Crippen LogP contribution is -2.43. The number of rotatable bonds is 6. The molecule has 6 nitrogen and oxygen atoms in total. The van der Waals surface area contributed by atoms with Crippen molar-refractivity contribution in [1.29, 1.82) is 0 Å². The fraction of sp³-hybridized carbons (Fsp3) is 0.500. The number of carbonyl (C=O) groups is 1. The second-order valence-corrected chi connectivity index (χ2v) is 6.30. The topological polar surface area (TPSA) is 79.4 Å². The maximum Gasteiger partial charge on any atom is 0.263 e. The second kappa shape index (κ2) is 6.76. The summed E-state index contributed by atoms with van der Waals surface area (Å²) in [5.41, 5.74) is 0. The predicted molar refractivity (Wildman–Crippen MR) is 71.9 cm³/mol. The SMILES string of the molecule is CCN(CC(=O)NC(C)C)S(=O)(=O)c1ncccc1F. The molecular formula is C12H18FN3O3S. The molecule has 0 atom stereocenters. The van der Waals surface area contributed by atoms with Gasteiger partial charge in [-0.1, -0.05) is 6.92 Å². The van der Waals surface area contributed by atoms with Gasteiger partial charge in [0.25, 0.3) is 10.0 Å². The summed E-state index contributed by atoms with van der Waals surface area (Å²) in [6.45, 7) is 4.78. The molecule has 1 heterocycles. The minimum absolute atomic E-state index is 0.0455. The van der Waals surface area contributed by atoms with Crippen molar-refractivity contribution in [2.45, 2.75) is 31.8 Å². The Kier molecular flexibility index (Phi) is 5.58. The molecule has 0 saturated heterocycles. The Morgan fingerprint density at radius 3 is 2.65 bits per heavy atom. The first-order chi connectivity index (χ1) is 9.28. The third-order valence-electron chi connectivity index (χ3n) is 2.43. The number of aromatic nitrogens is 1. The Bertz CT molecular complexity index is 575. The molecule has 1 N–H and O–H groups in total. The highest BCUT2D eigenvalue weighted by atomic mass is 32.2. The molecule has 8 heteroatoms. The highest BCUT2D eigenvalue weighted by Gasteiger charge is 2.29. The van der Waals surface area contributed by atoms with Gasteiger partial charge >= 0.3 is 0 Å². The van der Waals surface area contributed by atoms with Crippen LogP contribution in [-0.4, -0.2) is 42.7 Å². The van der Waals surface area contributed by atoms with Gasteiger partial charge in [-0.2, -0.15) is 4.31 Å². The number of pyridine rings is 1. The van der Waals surface area contributed by atoms with E-state index in [2.05, 4.69) is 10.3 Å². The molecule has 0 aliphatic carbocycles. The molecular weight excluding hydrogens is 285 g/mol. The van der Waals surface area contributed by atoms with Crippen molar-refractivity contribution >= 4 is 15.9 Å². The van der Waals surface area contributed by atoms with Gasteiger partial charge in [-0.25, -0.2) is 17.8 Å². The molecule has 1 aromatic rings. The molecule has 0 bridgehead atoms. The largest absolute Gasteiger partial charge is 0.353 e. The number of halogens is 1. The molecule has 0 aromatic carbocycles. The normalized spacial score (nSPS) is 11.9. The van der Waals surface area contributed by atoms with Crippen LogP contribution in [-0.2, 0) is 14.8 Å². The van der Waals surface area contributed by atoms with Crippen molar-refractivity contribution in [2.75, 3.05) is 13.1 Å². The molecule has 112 valence electrons. The fourth-order valence-corrected chi connectivity index (χ4v) is 2.96. The molecule has 0 radical (unpaired) electrons. The van der Waals surface area contributed by atoms with Crippen LogP contribution in [0.3, 0.4) is 0 Å². The summed E-state index contributed by atoms with van der Waals surface area (Å²) in [5.74, 6) is -1.38. The Morgan fingerprint density at radius 1 is 1.50 bits per heavy atom. The number of hydrogen-bond acceptors (Lipinski definition) is 4. The molecule has 0 fully saturated rings. The van der Waals surface area contributed by atoms with Gasteiger partial charge in [0.2, 0.25) is 10.9 Å². The van der Waals surface area contributed by atoms with Gasteiger partial charge in [0.05, 0.1) is 6.54 Å². The van der Waals surface area contributed by atoms with Crippen LogP contribution in [0.4, 0.5) is 4.39 Å². The number of carbonyl (C=O) groups excluding carboxylic acids is 1. The summed E-state index contributed by atoms with van der Waals surface area (Å²) < 4.78 is 38.9. The Morgan fingerprint density at radius 2 is 2.15 bits per heavy atom. The maximum absolute atomic E-state index is 13.6. The highest BCUT2D eigenvalue weighted by Crippen LogP contribution is 2.15. The average molecular weight is 303 g/mol. The van der Waals surface area contributed by atoms with Gasteiger partial charge in [0.15, 0.2) is 5.82 Å². The lowest BCUT2D eigenvalue weighted by Gasteiger charge is -2.20. The smallest absolute Gasteiger partial charge is 0.263 e. The number of nitrogens with zero attached hydrogens (tertiary/aromatic N) is 2. The Balaban J connectivity index is 3.00. The number of nitrogens with one attached hydrogen (secondary N) is 1. The van der Waals surface area contributed by atoms with Crippen molar-refractivity contribution < 1.29 is 17.6 Å². The molecule has 0 saturated carbocycles. The van der Waals surface area contributed by atoms with E-state index < -0.39 is 26.8 Å². The van der Waals surface area contributed by atoms with Crippen molar-refractivity contribution in [3.63, 3.8) is 0 Å². The highest BCUT2D eigenvalue weighted by molar-refractivity contribution is 7.89. The van der Waals surface area contributed by atoms with E-state index in [9.17, 15) is 17.6 Å². The monoisotopic (exact) mass is 303 g/mol. The summed E-state index contributed by atoms with van der Waals surface area (Å²) in [4.78, 5) is 15.2. The average Bonchev–Trinajstić information content (AvgIpc) is 2.35. The molecule has 1 aromatic heterocycles. The molecule has 0 aliphatic rings. The number of hydrogen-bond donors (Lipinski definition) is 1. The number of amides is 1. The fourth-order valence-electron chi connectivity index (χ4n) is 1.58. The zero-order chi connectivity index (χ0) is 15.3. The van der Waals surface area contributed by atoms with Crippen LogP contribution in [0.25, 0.3) is 0 Å². The van der Waals surface area contributed by atoms with E-state index in [0.717, 1.165) is 10.4 Å². The zero-order valence-corrected chi connectivity index (χ0v) is 12.4. The first-order valence-electron chi connectivity index (χ1n) is 6.19. The summed E-state index contributed by atoms with van der Waals surface area (Å²) >= 11 is 0. The van der Waals surface area contributed by atoms with Gasteiger partial charge in [0, 0.05) is 18.8 Å². The Labute approximate surface area is 118 Å². The van der Waals surface area contributed by atoms with E-state index in [-0.39, 0.29) is 19.1 Å². The van der Waals surface area contributed by atoms with E-state index in [1.807, 2.05) is 0 Å². The van der Waals surface area contributed by atoms with Crippen LogP contribution < -0.4 is 5.32 Å². The van der Waals surface area contributed by atoms with E-state index >= 15 is 0 Å². The molecule has 0 spiro atoms. The summed E-state index contributed by atoms with van der Waals surface area (Å²) in [6, 6.07) is 2.22. The van der Waals surface area contributed by atoms with Crippen molar-refractivity contribution in [3.05, 3.63) is 24.1 Å². The first kappa shape index (κ1) is 16.5. The van der Waals surface area contributed by atoms with Crippen LogP contribution >= 0.6 is 0 Å². The predicted octanol–water partition coefficient (Wildman–Crippen LogP) is 0.756. The van der Waals surface area contributed by atoms with Crippen LogP contribution in [0.5, 0.6) is 0 Å². The standard InChI is InChI=1S/C12H18FN3O3S/c1-4-16(8-11(17)15-9(2)3)20(18,19)12-10(13)6-5-7-14-12/h5-7,9H,4,8H2,1-3H3,(H,15,17). The summed E-state index contributed by atoms with van der Waals surface area (Å²) in [5, 5.41) is 1.92. The molecule has 1 rings (SSSR count). The minimum atomic E-state index is -4.13. The third kappa shape index (κ3) is 3.97.